The zero-order valence-electron chi connectivity index (χ0n) is 10.7. The van der Waals surface area contributed by atoms with Gasteiger partial charge in [-0.3, -0.25) is 4.79 Å². The van der Waals surface area contributed by atoms with Crippen molar-refractivity contribution in [2.75, 3.05) is 0 Å². The number of phenols is 1. The van der Waals surface area contributed by atoms with Crippen LogP contribution in [0.4, 0.5) is 0 Å². The van der Waals surface area contributed by atoms with E-state index in [-0.39, 0.29) is 23.7 Å². The molecule has 1 aliphatic heterocycles. The third-order valence-electron chi connectivity index (χ3n) is 3.62. The van der Waals surface area contributed by atoms with E-state index < -0.39 is 0 Å². The van der Waals surface area contributed by atoms with E-state index in [9.17, 15) is 9.90 Å². The van der Waals surface area contributed by atoms with Gasteiger partial charge >= 0.3 is 0 Å². The Kier molecular flexibility index (Phi) is 3.95. The molecule has 2 atom stereocenters. The molecule has 0 unspecified atom stereocenters. The molecule has 0 bridgehead atoms. The zero-order valence-corrected chi connectivity index (χ0v) is 12.3. The number of carbonyl (C=O) groups excluding carboxylic acids is 1. The molecular weight excluding hydrogens is 294 g/mol. The van der Waals surface area contributed by atoms with Crippen LogP contribution in [0.15, 0.2) is 22.7 Å². The normalized spacial score (nSPS) is 24.1. The number of likely N-dealkylation sites (tertiary alicyclic amines) is 1. The third-order valence-corrected chi connectivity index (χ3v) is 4.11. The molecule has 0 spiro atoms. The van der Waals surface area contributed by atoms with Gasteiger partial charge in [-0.15, -0.1) is 0 Å². The van der Waals surface area contributed by atoms with Crippen LogP contribution in [0.25, 0.3) is 0 Å². The van der Waals surface area contributed by atoms with Crippen LogP contribution < -0.4 is 0 Å². The van der Waals surface area contributed by atoms with Crippen LogP contribution in [0, 0.1) is 0 Å². The van der Waals surface area contributed by atoms with Crippen LogP contribution in [-0.4, -0.2) is 28.0 Å². The highest BCUT2D eigenvalue weighted by Gasteiger charge is 2.30. The number of hydrogen-bond acceptors (Lipinski definition) is 2. The smallest absolute Gasteiger partial charge is 0.258 e. The first-order valence-corrected chi connectivity index (χ1v) is 7.11. The molecule has 3 nitrogen and oxygen atoms in total. The van der Waals surface area contributed by atoms with Crippen molar-refractivity contribution in [1.82, 2.24) is 4.90 Å². The van der Waals surface area contributed by atoms with Crippen molar-refractivity contribution in [3.05, 3.63) is 28.2 Å². The highest BCUT2D eigenvalue weighted by molar-refractivity contribution is 9.10. The number of amides is 1. The van der Waals surface area contributed by atoms with E-state index >= 15 is 0 Å². The van der Waals surface area contributed by atoms with Crippen molar-refractivity contribution in [2.24, 2.45) is 0 Å². The Bertz CT molecular complexity index is 451. The maximum absolute atomic E-state index is 12.5. The van der Waals surface area contributed by atoms with Gasteiger partial charge in [-0.2, -0.15) is 0 Å². The molecule has 1 aromatic carbocycles. The highest BCUT2D eigenvalue weighted by atomic mass is 79.9. The van der Waals surface area contributed by atoms with Gasteiger partial charge in [0.05, 0.1) is 5.56 Å². The molecule has 1 heterocycles. The topological polar surface area (TPSA) is 40.5 Å². The Morgan fingerprint density at radius 2 is 1.94 bits per heavy atom. The van der Waals surface area contributed by atoms with E-state index in [1.165, 1.54) is 6.42 Å². The van der Waals surface area contributed by atoms with Crippen LogP contribution in [0.3, 0.4) is 0 Å². The number of rotatable bonds is 1. The van der Waals surface area contributed by atoms with Crippen molar-refractivity contribution in [3.63, 3.8) is 0 Å². The minimum absolute atomic E-state index is 0.0411. The van der Waals surface area contributed by atoms with Crippen molar-refractivity contribution in [1.29, 1.82) is 0 Å². The Morgan fingerprint density at radius 3 is 2.50 bits per heavy atom. The summed E-state index contributed by atoms with van der Waals surface area (Å²) >= 11 is 3.28. The average Bonchev–Trinajstić information content (AvgIpc) is 2.28. The second-order valence-electron chi connectivity index (χ2n) is 5.00. The molecule has 1 saturated heterocycles. The molecule has 0 radical (unpaired) electrons. The van der Waals surface area contributed by atoms with Gasteiger partial charge in [0.2, 0.25) is 0 Å². The number of phenolic OH excluding ortho intramolecular Hbond substituents is 1. The summed E-state index contributed by atoms with van der Waals surface area (Å²) in [5.41, 5.74) is 0.388. The monoisotopic (exact) mass is 311 g/mol. The lowest BCUT2D eigenvalue weighted by Crippen LogP contribution is -2.47. The third kappa shape index (κ3) is 2.53. The number of aromatic hydroxyl groups is 1. The van der Waals surface area contributed by atoms with Crippen LogP contribution >= 0.6 is 15.9 Å². The fourth-order valence-corrected chi connectivity index (χ4v) is 3.00. The number of halogens is 1. The second kappa shape index (κ2) is 5.31. The van der Waals surface area contributed by atoms with Crippen LogP contribution in [0.1, 0.15) is 43.5 Å². The van der Waals surface area contributed by atoms with Gasteiger partial charge in [0, 0.05) is 16.6 Å². The van der Waals surface area contributed by atoms with E-state index in [4.69, 9.17) is 0 Å². The highest BCUT2D eigenvalue weighted by Crippen LogP contribution is 2.29. The number of hydrogen-bond donors (Lipinski definition) is 1. The molecular formula is C14H18BrNO2. The van der Waals surface area contributed by atoms with Gasteiger partial charge < -0.3 is 10.0 Å². The number of piperidine rings is 1. The summed E-state index contributed by atoms with van der Waals surface area (Å²) in [7, 11) is 0. The fraction of sp³-hybridized carbons (Fsp3) is 0.500. The standard InChI is InChI=1S/C14H18BrNO2/c1-9-4-3-5-10(2)16(9)14(18)12-7-6-11(15)8-13(12)17/h6-10,17H,3-5H2,1-2H3/t9-,10+. The first-order valence-electron chi connectivity index (χ1n) is 6.32. The molecule has 0 saturated carbocycles. The Balaban J connectivity index is 2.29. The molecule has 1 N–H and O–H groups in total. The fourth-order valence-electron chi connectivity index (χ4n) is 2.65. The Hall–Kier alpha value is -1.03. The lowest BCUT2D eigenvalue weighted by Gasteiger charge is -2.39. The molecule has 2 rings (SSSR count). The minimum atomic E-state index is -0.0697. The van der Waals surface area contributed by atoms with Crippen molar-refractivity contribution >= 4 is 21.8 Å². The molecule has 98 valence electrons. The predicted octanol–water partition coefficient (Wildman–Crippen LogP) is 3.56. The number of nitrogens with zero attached hydrogens (tertiary/aromatic N) is 1. The SMILES string of the molecule is C[C@@H]1CCC[C@H](C)N1C(=O)c1ccc(Br)cc1O. The molecule has 1 amide bonds. The predicted molar refractivity (Wildman–Crippen MR) is 74.8 cm³/mol. The lowest BCUT2D eigenvalue weighted by atomic mass is 9.96. The van der Waals surface area contributed by atoms with Gasteiger partial charge in [-0.05, 0) is 51.3 Å². The zero-order chi connectivity index (χ0) is 13.3. The Labute approximate surface area is 116 Å². The van der Waals surface area contributed by atoms with Gasteiger partial charge in [-0.25, -0.2) is 0 Å². The van der Waals surface area contributed by atoms with Crippen LogP contribution in [0.2, 0.25) is 0 Å². The molecule has 1 fully saturated rings. The number of benzene rings is 1. The summed E-state index contributed by atoms with van der Waals surface area (Å²) in [6, 6.07) is 5.50. The van der Waals surface area contributed by atoms with Gasteiger partial charge in [0.1, 0.15) is 5.75 Å². The van der Waals surface area contributed by atoms with E-state index in [1.54, 1.807) is 18.2 Å². The molecule has 4 heteroatoms. The molecule has 18 heavy (non-hydrogen) atoms. The summed E-state index contributed by atoms with van der Waals surface area (Å²) in [5.74, 6) is -0.0287. The largest absolute Gasteiger partial charge is 0.507 e. The second-order valence-corrected chi connectivity index (χ2v) is 5.92. The maximum atomic E-state index is 12.5. The number of carbonyl (C=O) groups is 1. The van der Waals surface area contributed by atoms with Gasteiger partial charge in [0.15, 0.2) is 0 Å². The molecule has 0 aliphatic carbocycles. The summed E-state index contributed by atoms with van der Waals surface area (Å²) in [6.07, 6.45) is 3.24. The van der Waals surface area contributed by atoms with Crippen LogP contribution in [-0.2, 0) is 0 Å². The summed E-state index contributed by atoms with van der Waals surface area (Å²) < 4.78 is 0.774. The molecule has 1 aromatic rings. The summed E-state index contributed by atoms with van der Waals surface area (Å²) in [6.45, 7) is 4.15. The minimum Gasteiger partial charge on any atom is -0.507 e. The summed E-state index contributed by atoms with van der Waals surface area (Å²) in [4.78, 5) is 14.4. The average molecular weight is 312 g/mol. The quantitative estimate of drug-likeness (QED) is 0.861. The van der Waals surface area contributed by atoms with E-state index in [0.29, 0.717) is 5.56 Å². The van der Waals surface area contributed by atoms with Gasteiger partial charge in [-0.1, -0.05) is 15.9 Å². The Morgan fingerprint density at radius 1 is 1.33 bits per heavy atom. The van der Waals surface area contributed by atoms with E-state index in [1.807, 2.05) is 4.90 Å². The van der Waals surface area contributed by atoms with Gasteiger partial charge in [0.25, 0.3) is 5.91 Å². The lowest BCUT2D eigenvalue weighted by molar-refractivity contribution is 0.0508. The first-order chi connectivity index (χ1) is 8.50. The van der Waals surface area contributed by atoms with E-state index in [2.05, 4.69) is 29.8 Å². The summed E-state index contributed by atoms with van der Waals surface area (Å²) in [5, 5.41) is 9.89. The van der Waals surface area contributed by atoms with Crippen molar-refractivity contribution in [2.45, 2.75) is 45.2 Å². The van der Waals surface area contributed by atoms with Crippen molar-refractivity contribution in [3.8, 4) is 5.75 Å². The van der Waals surface area contributed by atoms with Crippen molar-refractivity contribution < 1.29 is 9.90 Å². The molecule has 1 aliphatic rings. The maximum Gasteiger partial charge on any atom is 0.258 e. The molecule has 0 aromatic heterocycles. The van der Waals surface area contributed by atoms with Crippen LogP contribution in [0.5, 0.6) is 5.75 Å². The first kappa shape index (κ1) is 13.4. The van der Waals surface area contributed by atoms with E-state index in [0.717, 1.165) is 17.3 Å².